The van der Waals surface area contributed by atoms with E-state index in [2.05, 4.69) is 0 Å². The van der Waals surface area contributed by atoms with Crippen molar-refractivity contribution < 1.29 is 22.0 Å². The summed E-state index contributed by atoms with van der Waals surface area (Å²) in [4.78, 5) is 0.895. The summed E-state index contributed by atoms with van der Waals surface area (Å²) in [5.41, 5.74) is 0. The maximum absolute atomic E-state index is 13.7. The third kappa shape index (κ3) is 7.84. The van der Waals surface area contributed by atoms with Crippen LogP contribution in [0.2, 0.25) is 0 Å². The Bertz CT molecular complexity index is 207. The largest absolute Gasteiger partial charge is 0.389 e. The van der Waals surface area contributed by atoms with E-state index in [9.17, 15) is 22.0 Å². The molecular weight excluding hydrogens is 253 g/mol. The van der Waals surface area contributed by atoms with Gasteiger partial charge in [-0.2, -0.15) is 22.0 Å². The molecule has 0 N–H and O–H groups in total. The number of hydrogen-bond donors (Lipinski definition) is 0. The standard InChI is InChI=1S/C12H22F5N/c1-3-5-9-18(10-6-4-2)12(16,17)8-7-11(13,14)15/h3-10H2,1-2H3. The third-order valence-corrected chi connectivity index (χ3v) is 2.74. The zero-order chi connectivity index (χ0) is 14.2. The summed E-state index contributed by atoms with van der Waals surface area (Å²) >= 11 is 0. The SMILES string of the molecule is CCCCN(CCCC)C(F)(F)CCC(F)(F)F. The summed E-state index contributed by atoms with van der Waals surface area (Å²) in [7, 11) is 0. The highest BCUT2D eigenvalue weighted by atomic mass is 19.4. The second-order valence-corrected chi connectivity index (χ2v) is 4.48. The molecule has 0 fully saturated rings. The van der Waals surface area contributed by atoms with Crippen LogP contribution in [0.3, 0.4) is 0 Å². The van der Waals surface area contributed by atoms with Gasteiger partial charge in [0.15, 0.2) is 0 Å². The molecule has 0 radical (unpaired) electrons. The highest BCUT2D eigenvalue weighted by molar-refractivity contribution is 4.71. The molecule has 6 heteroatoms. The van der Waals surface area contributed by atoms with Gasteiger partial charge in [0.1, 0.15) is 0 Å². The number of rotatable bonds is 9. The summed E-state index contributed by atoms with van der Waals surface area (Å²) in [6.07, 6.45) is -4.46. The van der Waals surface area contributed by atoms with Crippen LogP contribution in [0.1, 0.15) is 52.4 Å². The summed E-state index contributed by atoms with van der Waals surface area (Å²) < 4.78 is 63.4. The normalized spacial score (nSPS) is 13.3. The minimum atomic E-state index is -4.52. The van der Waals surface area contributed by atoms with Crippen LogP contribution in [0.4, 0.5) is 22.0 Å². The molecule has 0 atom stereocenters. The van der Waals surface area contributed by atoms with Gasteiger partial charge < -0.3 is 0 Å². The molecule has 0 aromatic carbocycles. The molecule has 0 spiro atoms. The molecule has 0 amide bonds. The van der Waals surface area contributed by atoms with Crippen LogP contribution in [-0.2, 0) is 0 Å². The van der Waals surface area contributed by atoms with E-state index >= 15 is 0 Å². The highest BCUT2D eigenvalue weighted by Gasteiger charge is 2.40. The maximum atomic E-state index is 13.7. The monoisotopic (exact) mass is 275 g/mol. The van der Waals surface area contributed by atoms with Gasteiger partial charge in [-0.3, -0.25) is 0 Å². The van der Waals surface area contributed by atoms with Crippen molar-refractivity contribution in [2.24, 2.45) is 0 Å². The minimum absolute atomic E-state index is 0.154. The van der Waals surface area contributed by atoms with Crippen molar-refractivity contribution in [1.29, 1.82) is 0 Å². The molecule has 0 heterocycles. The van der Waals surface area contributed by atoms with Crippen LogP contribution < -0.4 is 0 Å². The molecule has 0 unspecified atom stereocenters. The van der Waals surface area contributed by atoms with Gasteiger partial charge >= 0.3 is 12.2 Å². The number of halogens is 5. The topological polar surface area (TPSA) is 3.24 Å². The second kappa shape index (κ2) is 7.92. The average Bonchev–Trinajstić information content (AvgIpc) is 2.25. The van der Waals surface area contributed by atoms with E-state index in [0.717, 1.165) is 17.7 Å². The smallest absolute Gasteiger partial charge is 0.245 e. The minimum Gasteiger partial charge on any atom is -0.245 e. The summed E-state index contributed by atoms with van der Waals surface area (Å²) in [5.74, 6) is 0. The molecule has 0 aromatic rings. The first-order valence-electron chi connectivity index (χ1n) is 6.42. The zero-order valence-electron chi connectivity index (χ0n) is 11.0. The van der Waals surface area contributed by atoms with Crippen LogP contribution >= 0.6 is 0 Å². The van der Waals surface area contributed by atoms with Crippen molar-refractivity contribution in [2.75, 3.05) is 13.1 Å². The first kappa shape index (κ1) is 17.6. The first-order valence-corrected chi connectivity index (χ1v) is 6.42. The number of alkyl halides is 5. The van der Waals surface area contributed by atoms with E-state index in [1.54, 1.807) is 0 Å². The van der Waals surface area contributed by atoms with Crippen LogP contribution in [0.5, 0.6) is 0 Å². The van der Waals surface area contributed by atoms with Crippen molar-refractivity contribution in [2.45, 2.75) is 64.6 Å². The van der Waals surface area contributed by atoms with Gasteiger partial charge in [-0.25, -0.2) is 4.90 Å². The van der Waals surface area contributed by atoms with Gasteiger partial charge in [0.2, 0.25) is 0 Å². The van der Waals surface area contributed by atoms with Crippen molar-refractivity contribution in [3.05, 3.63) is 0 Å². The van der Waals surface area contributed by atoms with Gasteiger partial charge in [-0.1, -0.05) is 26.7 Å². The van der Waals surface area contributed by atoms with E-state index < -0.39 is 25.1 Å². The quantitative estimate of drug-likeness (QED) is 0.430. The lowest BCUT2D eigenvalue weighted by Gasteiger charge is -2.31. The summed E-state index contributed by atoms with van der Waals surface area (Å²) in [6.45, 7) is 4.04. The van der Waals surface area contributed by atoms with Crippen molar-refractivity contribution in [3.63, 3.8) is 0 Å². The fourth-order valence-corrected chi connectivity index (χ4v) is 1.59. The Morgan fingerprint density at radius 1 is 0.778 bits per heavy atom. The van der Waals surface area contributed by atoms with E-state index in [0.29, 0.717) is 12.8 Å². The van der Waals surface area contributed by atoms with Gasteiger partial charge in [0.25, 0.3) is 0 Å². The molecule has 0 saturated carbocycles. The van der Waals surface area contributed by atoms with Gasteiger partial charge in [0, 0.05) is 19.5 Å². The molecule has 18 heavy (non-hydrogen) atoms. The predicted molar refractivity (Wildman–Crippen MR) is 61.6 cm³/mol. The average molecular weight is 275 g/mol. The molecule has 0 aromatic heterocycles. The Hall–Kier alpha value is -0.390. The van der Waals surface area contributed by atoms with Gasteiger partial charge in [-0.15, -0.1) is 0 Å². The van der Waals surface area contributed by atoms with E-state index in [1.807, 2.05) is 13.8 Å². The second-order valence-electron chi connectivity index (χ2n) is 4.48. The Kier molecular flexibility index (Phi) is 7.75. The summed E-state index contributed by atoms with van der Waals surface area (Å²) in [5, 5.41) is 0. The zero-order valence-corrected chi connectivity index (χ0v) is 11.0. The number of nitrogens with zero attached hydrogens (tertiary/aromatic N) is 1. The Morgan fingerprint density at radius 2 is 1.22 bits per heavy atom. The van der Waals surface area contributed by atoms with E-state index in [4.69, 9.17) is 0 Å². The van der Waals surface area contributed by atoms with Crippen LogP contribution in [-0.4, -0.2) is 30.2 Å². The van der Waals surface area contributed by atoms with Crippen molar-refractivity contribution in [1.82, 2.24) is 4.90 Å². The molecule has 0 aliphatic carbocycles. The lowest BCUT2D eigenvalue weighted by atomic mass is 10.2. The highest BCUT2D eigenvalue weighted by Crippen LogP contribution is 2.32. The maximum Gasteiger partial charge on any atom is 0.389 e. The molecule has 0 rings (SSSR count). The fourth-order valence-electron chi connectivity index (χ4n) is 1.59. The van der Waals surface area contributed by atoms with Gasteiger partial charge in [0.05, 0.1) is 6.42 Å². The lowest BCUT2D eigenvalue weighted by Crippen LogP contribution is -2.43. The Labute approximate surface area is 105 Å². The van der Waals surface area contributed by atoms with Crippen molar-refractivity contribution >= 4 is 0 Å². The van der Waals surface area contributed by atoms with E-state index in [1.165, 1.54) is 0 Å². The first-order chi connectivity index (χ1) is 8.23. The van der Waals surface area contributed by atoms with Crippen LogP contribution in [0.25, 0.3) is 0 Å². The molecule has 0 aliphatic heterocycles. The molecule has 0 bridgehead atoms. The number of hydrogen-bond acceptors (Lipinski definition) is 1. The third-order valence-electron chi connectivity index (χ3n) is 2.74. The molecule has 0 aliphatic rings. The van der Waals surface area contributed by atoms with Crippen LogP contribution in [0.15, 0.2) is 0 Å². The Balaban J connectivity index is 4.41. The number of unbranched alkanes of at least 4 members (excludes halogenated alkanes) is 2. The van der Waals surface area contributed by atoms with Gasteiger partial charge in [-0.05, 0) is 12.8 Å². The molecular formula is C12H22F5N. The molecule has 110 valence electrons. The Morgan fingerprint density at radius 3 is 1.56 bits per heavy atom. The fraction of sp³-hybridized carbons (Fsp3) is 1.00. The van der Waals surface area contributed by atoms with Crippen LogP contribution in [0, 0.1) is 0 Å². The van der Waals surface area contributed by atoms with E-state index in [-0.39, 0.29) is 13.1 Å². The van der Waals surface area contributed by atoms with Crippen molar-refractivity contribution in [3.8, 4) is 0 Å². The summed E-state index contributed by atoms with van der Waals surface area (Å²) in [6, 6.07) is -3.36. The predicted octanol–water partition coefficient (Wildman–Crippen LogP) is 4.82. The molecule has 1 nitrogen and oxygen atoms in total. The lowest BCUT2D eigenvalue weighted by molar-refractivity contribution is -0.190. The molecule has 0 saturated heterocycles.